The average molecular weight is 966 g/mol. The highest BCUT2D eigenvalue weighted by molar-refractivity contribution is 5.71. The first-order valence-corrected chi connectivity index (χ1v) is 29.8. The maximum Gasteiger partial charge on any atom is 0.306 e. The lowest BCUT2D eigenvalue weighted by atomic mass is 10.0. The van der Waals surface area contributed by atoms with Crippen LogP contribution in [0.1, 0.15) is 303 Å². The van der Waals surface area contributed by atoms with Gasteiger partial charge in [0, 0.05) is 19.3 Å². The zero-order chi connectivity index (χ0) is 50.0. The summed E-state index contributed by atoms with van der Waals surface area (Å²) in [5.74, 6) is -0.872. The van der Waals surface area contributed by atoms with Gasteiger partial charge in [0.05, 0.1) is 0 Å². The van der Waals surface area contributed by atoms with Crippen molar-refractivity contribution in [1.29, 1.82) is 0 Å². The molecule has 0 radical (unpaired) electrons. The normalized spacial score (nSPS) is 12.4. The van der Waals surface area contributed by atoms with Crippen LogP contribution in [0, 0.1) is 0 Å². The van der Waals surface area contributed by atoms with Gasteiger partial charge in [-0.15, -0.1) is 0 Å². The minimum absolute atomic E-state index is 0.0743. The molecule has 0 spiro atoms. The molecule has 0 aromatic carbocycles. The molecule has 0 aliphatic carbocycles. The van der Waals surface area contributed by atoms with Crippen LogP contribution in [-0.2, 0) is 28.6 Å². The Morgan fingerprint density at radius 1 is 0.304 bits per heavy atom. The highest BCUT2D eigenvalue weighted by Crippen LogP contribution is 2.16. The minimum Gasteiger partial charge on any atom is -0.462 e. The Balaban J connectivity index is 4.25. The fourth-order valence-electron chi connectivity index (χ4n) is 8.55. The van der Waals surface area contributed by atoms with Crippen LogP contribution in [0.4, 0.5) is 0 Å². The number of ether oxygens (including phenoxy) is 3. The molecule has 0 aromatic heterocycles. The van der Waals surface area contributed by atoms with Crippen molar-refractivity contribution < 1.29 is 28.6 Å². The number of hydrogen-bond acceptors (Lipinski definition) is 6. The second kappa shape index (κ2) is 57.7. The maximum absolute atomic E-state index is 12.8. The lowest BCUT2D eigenvalue weighted by Gasteiger charge is -2.18. The van der Waals surface area contributed by atoms with Crippen LogP contribution in [0.3, 0.4) is 0 Å². The van der Waals surface area contributed by atoms with Crippen LogP contribution >= 0.6 is 0 Å². The Bertz CT molecular complexity index is 1250. The Hall–Kier alpha value is -2.89. The summed E-state index contributed by atoms with van der Waals surface area (Å²) >= 11 is 0. The summed E-state index contributed by atoms with van der Waals surface area (Å²) in [5.41, 5.74) is 0. The summed E-state index contributed by atoms with van der Waals surface area (Å²) in [5, 5.41) is 0. The van der Waals surface area contributed by atoms with E-state index in [-0.39, 0.29) is 31.1 Å². The van der Waals surface area contributed by atoms with E-state index in [0.717, 1.165) is 96.3 Å². The number of esters is 3. The lowest BCUT2D eigenvalue weighted by molar-refractivity contribution is -0.167. The van der Waals surface area contributed by atoms with Crippen molar-refractivity contribution in [1.82, 2.24) is 0 Å². The Morgan fingerprint density at radius 3 is 0.913 bits per heavy atom. The van der Waals surface area contributed by atoms with E-state index in [0.29, 0.717) is 19.3 Å². The molecule has 6 nitrogen and oxygen atoms in total. The smallest absolute Gasteiger partial charge is 0.306 e. The summed E-state index contributed by atoms with van der Waals surface area (Å²) in [6.07, 6.45) is 72.2. The Kier molecular flexibility index (Phi) is 55.3. The van der Waals surface area contributed by atoms with E-state index >= 15 is 0 Å². The van der Waals surface area contributed by atoms with Crippen molar-refractivity contribution in [2.24, 2.45) is 0 Å². The minimum atomic E-state index is -0.776. The number of hydrogen-bond donors (Lipinski definition) is 0. The van der Waals surface area contributed by atoms with Crippen LogP contribution in [0.2, 0.25) is 0 Å². The van der Waals surface area contributed by atoms with Crippen LogP contribution in [0.5, 0.6) is 0 Å². The number of rotatable bonds is 54. The summed E-state index contributed by atoms with van der Waals surface area (Å²) in [6, 6.07) is 0. The molecule has 0 saturated heterocycles. The first-order chi connectivity index (χ1) is 34.0. The molecule has 0 bridgehead atoms. The van der Waals surface area contributed by atoms with Gasteiger partial charge in [-0.2, -0.15) is 0 Å². The molecular formula is C63H112O6. The first-order valence-electron chi connectivity index (χ1n) is 29.8. The van der Waals surface area contributed by atoms with Crippen LogP contribution < -0.4 is 0 Å². The third-order valence-electron chi connectivity index (χ3n) is 13.0. The molecule has 400 valence electrons. The largest absolute Gasteiger partial charge is 0.462 e. The monoisotopic (exact) mass is 965 g/mol. The number of unbranched alkanes of at least 4 members (excludes halogenated alkanes) is 33. The molecule has 0 N–H and O–H groups in total. The zero-order valence-corrected chi connectivity index (χ0v) is 45.8. The highest BCUT2D eigenvalue weighted by atomic mass is 16.6. The van der Waals surface area contributed by atoms with E-state index in [1.165, 1.54) is 167 Å². The first kappa shape index (κ1) is 66.1. The predicted molar refractivity (Wildman–Crippen MR) is 298 cm³/mol. The van der Waals surface area contributed by atoms with Crippen LogP contribution in [0.25, 0.3) is 0 Å². The molecule has 0 rings (SSSR count). The number of carbonyl (C=O) groups is 3. The van der Waals surface area contributed by atoms with E-state index in [4.69, 9.17) is 14.2 Å². The van der Waals surface area contributed by atoms with Crippen molar-refractivity contribution in [3.8, 4) is 0 Å². The van der Waals surface area contributed by atoms with E-state index in [2.05, 4.69) is 81.5 Å². The third kappa shape index (κ3) is 55.9. The molecule has 0 aliphatic rings. The van der Waals surface area contributed by atoms with Crippen LogP contribution in [-0.4, -0.2) is 37.2 Å². The molecular weight excluding hydrogens is 853 g/mol. The van der Waals surface area contributed by atoms with E-state index in [1.54, 1.807) is 0 Å². The summed E-state index contributed by atoms with van der Waals surface area (Å²) < 4.78 is 16.9. The fraction of sp³-hybridized carbons (Fsp3) is 0.794. The Labute approximate surface area is 428 Å². The predicted octanol–water partition coefficient (Wildman–Crippen LogP) is 20.0. The van der Waals surface area contributed by atoms with Crippen molar-refractivity contribution in [3.63, 3.8) is 0 Å². The van der Waals surface area contributed by atoms with Crippen LogP contribution in [0.15, 0.2) is 60.8 Å². The highest BCUT2D eigenvalue weighted by Gasteiger charge is 2.19. The number of carbonyl (C=O) groups excluding carboxylic acids is 3. The van der Waals surface area contributed by atoms with Gasteiger partial charge in [-0.3, -0.25) is 14.4 Å². The van der Waals surface area contributed by atoms with Gasteiger partial charge in [0.15, 0.2) is 6.10 Å². The number of allylic oxidation sites excluding steroid dienone is 10. The maximum atomic E-state index is 12.8. The average Bonchev–Trinajstić information content (AvgIpc) is 3.35. The second-order valence-corrected chi connectivity index (χ2v) is 19.9. The van der Waals surface area contributed by atoms with Gasteiger partial charge in [-0.05, 0) is 83.5 Å². The van der Waals surface area contributed by atoms with Gasteiger partial charge in [-0.25, -0.2) is 0 Å². The SMILES string of the molecule is CC/C=C\C/C=C\C/C=C\C/C=C\CCCCCCCCCCCCCCC(=O)OCC(COC(=O)CCCCCCCCCCCCCCC)OC(=O)CCCCCCC/C=C\CCCCCC. The molecule has 0 fully saturated rings. The summed E-state index contributed by atoms with van der Waals surface area (Å²) in [6.45, 7) is 6.53. The van der Waals surface area contributed by atoms with Gasteiger partial charge in [0.25, 0.3) is 0 Å². The van der Waals surface area contributed by atoms with Gasteiger partial charge >= 0.3 is 17.9 Å². The van der Waals surface area contributed by atoms with E-state index in [9.17, 15) is 14.4 Å². The van der Waals surface area contributed by atoms with Gasteiger partial charge in [-0.1, -0.05) is 261 Å². The quantitative estimate of drug-likeness (QED) is 0.0262. The van der Waals surface area contributed by atoms with Crippen molar-refractivity contribution in [2.75, 3.05) is 13.2 Å². The molecule has 1 unspecified atom stereocenters. The van der Waals surface area contributed by atoms with Crippen molar-refractivity contribution in [3.05, 3.63) is 60.8 Å². The van der Waals surface area contributed by atoms with Gasteiger partial charge in [0.2, 0.25) is 0 Å². The molecule has 0 heterocycles. The molecule has 0 aromatic rings. The van der Waals surface area contributed by atoms with Crippen molar-refractivity contribution in [2.45, 2.75) is 309 Å². The molecule has 69 heavy (non-hydrogen) atoms. The lowest BCUT2D eigenvalue weighted by Crippen LogP contribution is -2.30. The zero-order valence-electron chi connectivity index (χ0n) is 45.8. The standard InChI is InChI=1S/C63H112O6/c1-4-7-10-13-16-19-22-25-26-27-28-29-30-31-32-33-34-35-36-39-41-44-47-50-53-56-62(65)68-59-60(69-63(66)57-54-51-48-45-42-38-24-21-18-15-12-9-6-3)58-67-61(64)55-52-49-46-43-40-37-23-20-17-14-11-8-5-2/h7,10,16,19,21,24-26,28-29,60H,4-6,8-9,11-15,17-18,20,22-23,27,30-59H2,1-3H3/b10-7-,19-16-,24-21-,26-25-,29-28-. The van der Waals surface area contributed by atoms with E-state index in [1.807, 2.05) is 0 Å². The molecule has 0 saturated carbocycles. The Morgan fingerprint density at radius 2 is 0.565 bits per heavy atom. The van der Waals surface area contributed by atoms with Crippen molar-refractivity contribution >= 4 is 17.9 Å². The third-order valence-corrected chi connectivity index (χ3v) is 13.0. The van der Waals surface area contributed by atoms with Gasteiger partial charge in [0.1, 0.15) is 13.2 Å². The summed E-state index contributed by atoms with van der Waals surface area (Å²) in [4.78, 5) is 38.1. The fourth-order valence-corrected chi connectivity index (χ4v) is 8.55. The molecule has 1 atom stereocenters. The molecule has 0 amide bonds. The molecule has 0 aliphatic heterocycles. The summed E-state index contributed by atoms with van der Waals surface area (Å²) in [7, 11) is 0. The van der Waals surface area contributed by atoms with Gasteiger partial charge < -0.3 is 14.2 Å². The topological polar surface area (TPSA) is 78.9 Å². The second-order valence-electron chi connectivity index (χ2n) is 19.9. The van der Waals surface area contributed by atoms with E-state index < -0.39 is 6.10 Å². The molecule has 6 heteroatoms.